The van der Waals surface area contributed by atoms with E-state index in [4.69, 9.17) is 0 Å². The number of carboxylic acids is 1. The molecule has 166 valence electrons. The van der Waals surface area contributed by atoms with Crippen LogP contribution in [0.15, 0.2) is 109 Å². The predicted molar refractivity (Wildman–Crippen MR) is 132 cm³/mol. The smallest absolute Gasteiger partial charge is 0.305 e. The van der Waals surface area contributed by atoms with Gasteiger partial charge in [-0.05, 0) is 46.9 Å². The van der Waals surface area contributed by atoms with Crippen LogP contribution < -0.4 is 0 Å². The van der Waals surface area contributed by atoms with E-state index in [1.54, 1.807) is 6.20 Å². The first kappa shape index (κ1) is 22.4. The van der Waals surface area contributed by atoms with Crippen LogP contribution >= 0.6 is 0 Å². The van der Waals surface area contributed by atoms with E-state index >= 15 is 0 Å². The second kappa shape index (κ2) is 10.7. The van der Waals surface area contributed by atoms with Gasteiger partial charge in [0.25, 0.3) is 0 Å². The largest absolute Gasteiger partial charge is 0.481 e. The van der Waals surface area contributed by atoms with E-state index in [1.165, 1.54) is 0 Å². The van der Waals surface area contributed by atoms with Crippen molar-refractivity contribution in [2.75, 3.05) is 0 Å². The van der Waals surface area contributed by atoms with Crippen LogP contribution in [0.5, 0.6) is 0 Å². The monoisotopic (exact) mass is 436 g/mol. The molecule has 3 aromatic carbocycles. The SMILES string of the molecule is C[C@H](c1ccccc1)N(Cc1ccccc1)C(CC(=O)O)c1cccc(-c2cccnc2)c1. The van der Waals surface area contributed by atoms with Gasteiger partial charge in [-0.15, -0.1) is 0 Å². The third kappa shape index (κ3) is 5.73. The molecule has 0 aliphatic heterocycles. The van der Waals surface area contributed by atoms with E-state index < -0.39 is 5.97 Å². The minimum Gasteiger partial charge on any atom is -0.481 e. The molecule has 0 saturated heterocycles. The van der Waals surface area contributed by atoms with Crippen molar-refractivity contribution in [3.8, 4) is 11.1 Å². The molecular weight excluding hydrogens is 408 g/mol. The Bertz CT molecular complexity index is 1160. The Morgan fingerprint density at radius 1 is 0.848 bits per heavy atom. The molecule has 33 heavy (non-hydrogen) atoms. The maximum atomic E-state index is 12.0. The zero-order chi connectivity index (χ0) is 23.0. The first-order valence-corrected chi connectivity index (χ1v) is 11.2. The summed E-state index contributed by atoms with van der Waals surface area (Å²) in [5, 5.41) is 9.86. The van der Waals surface area contributed by atoms with Crippen molar-refractivity contribution in [3.05, 3.63) is 126 Å². The lowest BCUT2D eigenvalue weighted by molar-refractivity contribution is -0.138. The number of benzene rings is 3. The van der Waals surface area contributed by atoms with Crippen LogP contribution in [0.3, 0.4) is 0 Å². The van der Waals surface area contributed by atoms with Crippen LogP contribution in [0.1, 0.15) is 42.1 Å². The van der Waals surface area contributed by atoms with Crippen LogP contribution in [0.4, 0.5) is 0 Å². The van der Waals surface area contributed by atoms with E-state index in [0.717, 1.165) is 27.8 Å². The lowest BCUT2D eigenvalue weighted by Crippen LogP contribution is -2.32. The lowest BCUT2D eigenvalue weighted by Gasteiger charge is -2.37. The molecule has 0 aliphatic rings. The Kier molecular flexibility index (Phi) is 7.28. The average Bonchev–Trinajstić information content (AvgIpc) is 2.87. The van der Waals surface area contributed by atoms with Crippen molar-refractivity contribution < 1.29 is 9.90 Å². The molecule has 1 aromatic heterocycles. The molecule has 4 nitrogen and oxygen atoms in total. The number of nitrogens with zero attached hydrogens (tertiary/aromatic N) is 2. The molecule has 1 unspecified atom stereocenters. The molecule has 1 heterocycles. The second-order valence-electron chi connectivity index (χ2n) is 8.23. The van der Waals surface area contributed by atoms with Gasteiger partial charge in [-0.1, -0.05) is 84.9 Å². The molecule has 4 aromatic rings. The molecule has 0 bridgehead atoms. The molecule has 0 amide bonds. The van der Waals surface area contributed by atoms with E-state index in [-0.39, 0.29) is 18.5 Å². The van der Waals surface area contributed by atoms with Gasteiger partial charge < -0.3 is 5.11 Å². The van der Waals surface area contributed by atoms with E-state index in [2.05, 4.69) is 47.1 Å². The Morgan fingerprint density at radius 2 is 1.52 bits per heavy atom. The molecule has 0 spiro atoms. The molecule has 0 saturated carbocycles. The summed E-state index contributed by atoms with van der Waals surface area (Å²) >= 11 is 0. The highest BCUT2D eigenvalue weighted by atomic mass is 16.4. The fourth-order valence-electron chi connectivity index (χ4n) is 4.29. The highest BCUT2D eigenvalue weighted by Gasteiger charge is 2.28. The highest BCUT2D eigenvalue weighted by molar-refractivity contribution is 5.69. The maximum absolute atomic E-state index is 12.0. The first-order valence-electron chi connectivity index (χ1n) is 11.2. The fraction of sp³-hybridized carbons (Fsp3) is 0.172. The molecule has 0 radical (unpaired) electrons. The molecule has 1 N–H and O–H groups in total. The Labute approximate surface area is 195 Å². The van der Waals surface area contributed by atoms with E-state index in [1.807, 2.05) is 72.9 Å². The minimum absolute atomic E-state index is 0.0144. The summed E-state index contributed by atoms with van der Waals surface area (Å²) in [7, 11) is 0. The number of hydrogen-bond donors (Lipinski definition) is 1. The van der Waals surface area contributed by atoms with Gasteiger partial charge >= 0.3 is 5.97 Å². The summed E-state index contributed by atoms with van der Waals surface area (Å²) < 4.78 is 0. The fourth-order valence-corrected chi connectivity index (χ4v) is 4.29. The summed E-state index contributed by atoms with van der Waals surface area (Å²) in [5.74, 6) is -0.815. The third-order valence-corrected chi connectivity index (χ3v) is 6.02. The molecule has 0 fully saturated rings. The summed E-state index contributed by atoms with van der Waals surface area (Å²) in [5.41, 5.74) is 5.34. The Balaban J connectivity index is 1.77. The van der Waals surface area contributed by atoms with Crippen molar-refractivity contribution in [1.29, 1.82) is 0 Å². The maximum Gasteiger partial charge on any atom is 0.305 e. The van der Waals surface area contributed by atoms with Crippen LogP contribution in [0, 0.1) is 0 Å². The second-order valence-corrected chi connectivity index (χ2v) is 8.23. The lowest BCUT2D eigenvalue weighted by atomic mass is 9.94. The van der Waals surface area contributed by atoms with Gasteiger partial charge in [-0.25, -0.2) is 0 Å². The first-order chi connectivity index (χ1) is 16.1. The molecule has 2 atom stereocenters. The number of rotatable bonds is 9. The van der Waals surface area contributed by atoms with Crippen molar-refractivity contribution in [1.82, 2.24) is 9.88 Å². The molecular formula is C29H28N2O2. The van der Waals surface area contributed by atoms with Crippen molar-refractivity contribution in [2.24, 2.45) is 0 Å². The number of hydrogen-bond acceptors (Lipinski definition) is 3. The number of carbonyl (C=O) groups is 1. The van der Waals surface area contributed by atoms with Gasteiger partial charge in [-0.2, -0.15) is 0 Å². The summed E-state index contributed by atoms with van der Waals surface area (Å²) in [6.45, 7) is 2.80. The van der Waals surface area contributed by atoms with Crippen LogP contribution in [-0.4, -0.2) is 21.0 Å². The molecule has 4 heteroatoms. The van der Waals surface area contributed by atoms with E-state index in [0.29, 0.717) is 6.54 Å². The van der Waals surface area contributed by atoms with Gasteiger partial charge in [0, 0.05) is 31.0 Å². The normalized spacial score (nSPS) is 12.9. The zero-order valence-corrected chi connectivity index (χ0v) is 18.7. The molecule has 0 aliphatic carbocycles. The standard InChI is InChI=1S/C29H28N2O2/c1-22(24-12-6-3-7-13-24)31(21-23-10-4-2-5-11-23)28(19-29(32)33)26-15-8-14-25(18-26)27-16-9-17-30-20-27/h2-18,20,22,28H,19,21H2,1H3,(H,32,33)/t22-,28?/m1/s1. The van der Waals surface area contributed by atoms with Crippen molar-refractivity contribution >= 4 is 5.97 Å². The number of pyridine rings is 1. The van der Waals surface area contributed by atoms with Crippen molar-refractivity contribution in [2.45, 2.75) is 32.0 Å². The minimum atomic E-state index is -0.815. The Hall–Kier alpha value is -3.76. The van der Waals surface area contributed by atoms with Gasteiger partial charge in [-0.3, -0.25) is 14.7 Å². The summed E-state index contributed by atoms with van der Waals surface area (Å²) in [4.78, 5) is 18.5. The quantitative estimate of drug-likeness (QED) is 0.324. The van der Waals surface area contributed by atoms with Crippen LogP contribution in [0.25, 0.3) is 11.1 Å². The highest BCUT2D eigenvalue weighted by Crippen LogP contribution is 2.36. The summed E-state index contributed by atoms with van der Waals surface area (Å²) in [6.07, 6.45) is 3.60. The number of aromatic nitrogens is 1. The van der Waals surface area contributed by atoms with Crippen LogP contribution in [-0.2, 0) is 11.3 Å². The predicted octanol–water partition coefficient (Wildman–Crippen LogP) is 6.53. The summed E-state index contributed by atoms with van der Waals surface area (Å²) in [6, 6.07) is 32.3. The van der Waals surface area contributed by atoms with E-state index in [9.17, 15) is 9.90 Å². The Morgan fingerprint density at radius 3 is 2.18 bits per heavy atom. The molecule has 4 rings (SSSR count). The average molecular weight is 437 g/mol. The number of aliphatic carboxylic acids is 1. The number of carboxylic acid groups (broad SMARTS) is 1. The van der Waals surface area contributed by atoms with Gasteiger partial charge in [0.2, 0.25) is 0 Å². The van der Waals surface area contributed by atoms with Crippen LogP contribution in [0.2, 0.25) is 0 Å². The van der Waals surface area contributed by atoms with Crippen molar-refractivity contribution in [3.63, 3.8) is 0 Å². The van der Waals surface area contributed by atoms with Gasteiger partial charge in [0.15, 0.2) is 0 Å². The van der Waals surface area contributed by atoms with Gasteiger partial charge in [0.05, 0.1) is 6.42 Å². The zero-order valence-electron chi connectivity index (χ0n) is 18.7. The third-order valence-electron chi connectivity index (χ3n) is 6.02. The topological polar surface area (TPSA) is 53.4 Å². The van der Waals surface area contributed by atoms with Gasteiger partial charge in [0.1, 0.15) is 0 Å².